The number of rotatable bonds is 2. The number of imide groups is 1. The van der Waals surface area contributed by atoms with Gasteiger partial charge < -0.3 is 19.6 Å². The third-order valence-corrected chi connectivity index (χ3v) is 7.05. The van der Waals surface area contributed by atoms with E-state index in [1.165, 1.54) is 4.90 Å². The molecule has 5 rings (SSSR count). The van der Waals surface area contributed by atoms with E-state index in [4.69, 9.17) is 4.74 Å². The highest BCUT2D eigenvalue weighted by atomic mass is 127. The summed E-state index contributed by atoms with van der Waals surface area (Å²) >= 11 is 2.06. The van der Waals surface area contributed by atoms with Crippen molar-refractivity contribution in [2.75, 3.05) is 13.1 Å². The summed E-state index contributed by atoms with van der Waals surface area (Å²) in [6.07, 6.45) is 2.15. The van der Waals surface area contributed by atoms with Crippen LogP contribution >= 0.6 is 22.6 Å². The van der Waals surface area contributed by atoms with Gasteiger partial charge in [0.2, 0.25) is 0 Å². The molecule has 1 fully saturated rings. The maximum absolute atomic E-state index is 13.2. The van der Waals surface area contributed by atoms with E-state index in [0.29, 0.717) is 59.5 Å². The lowest BCUT2D eigenvalue weighted by Crippen LogP contribution is -2.49. The lowest BCUT2D eigenvalue weighted by Gasteiger charge is -2.36. The minimum atomic E-state index is -0.584. The summed E-state index contributed by atoms with van der Waals surface area (Å²) in [5.41, 5.74) is 1.22. The second kappa shape index (κ2) is 8.47. The predicted molar refractivity (Wildman–Crippen MR) is 136 cm³/mol. The molecule has 0 atom stereocenters. The van der Waals surface area contributed by atoms with Crippen LogP contribution in [0.4, 0.5) is 4.79 Å². The quantitative estimate of drug-likeness (QED) is 0.348. The number of ether oxygens (including phenoxy) is 1. The van der Waals surface area contributed by atoms with Crippen LogP contribution < -0.4 is 5.56 Å². The molecule has 0 radical (unpaired) electrons. The molecule has 1 aromatic carbocycles. The first-order valence-electron chi connectivity index (χ1n) is 11.3. The Kier molecular flexibility index (Phi) is 5.69. The Labute approximate surface area is 214 Å². The minimum absolute atomic E-state index is 0.278. The first kappa shape index (κ1) is 23.5. The van der Waals surface area contributed by atoms with Gasteiger partial charge in [-0.15, -0.1) is 0 Å². The highest BCUT2D eigenvalue weighted by Crippen LogP contribution is 2.32. The van der Waals surface area contributed by atoms with Gasteiger partial charge in [-0.1, -0.05) is 0 Å². The van der Waals surface area contributed by atoms with Crippen molar-refractivity contribution in [1.82, 2.24) is 24.8 Å². The number of aromatic nitrogens is 3. The number of fused-ring (bicyclic) bond motifs is 2. The lowest BCUT2D eigenvalue weighted by atomic mass is 10.0. The summed E-state index contributed by atoms with van der Waals surface area (Å²) < 4.78 is 6.16. The third-order valence-electron chi connectivity index (χ3n) is 6.15. The molecular weight excluding hydrogens is 565 g/mol. The van der Waals surface area contributed by atoms with Crippen LogP contribution in [-0.2, 0) is 4.74 Å². The Bertz CT molecular complexity index is 1380. The van der Waals surface area contributed by atoms with Gasteiger partial charge >= 0.3 is 6.09 Å². The van der Waals surface area contributed by atoms with Gasteiger partial charge in [-0.05, 0) is 74.4 Å². The molecule has 0 unspecified atom stereocenters. The van der Waals surface area contributed by atoms with Crippen molar-refractivity contribution in [3.05, 3.63) is 49.4 Å². The molecular formula is C24H24IN5O5. The van der Waals surface area contributed by atoms with Crippen LogP contribution in [-0.4, -0.2) is 67.4 Å². The Balaban J connectivity index is 1.37. The Morgan fingerprint density at radius 3 is 2.40 bits per heavy atom. The van der Waals surface area contributed by atoms with E-state index in [9.17, 15) is 19.2 Å². The molecule has 4 heterocycles. The fraction of sp³-hybridized carbons (Fsp3) is 0.375. The van der Waals surface area contributed by atoms with Crippen LogP contribution in [0.5, 0.6) is 0 Å². The van der Waals surface area contributed by atoms with Gasteiger partial charge in [0, 0.05) is 28.9 Å². The minimum Gasteiger partial charge on any atom is -0.444 e. The zero-order chi connectivity index (χ0) is 25.1. The fourth-order valence-electron chi connectivity index (χ4n) is 4.52. The molecule has 2 aliphatic rings. The number of nitrogens with zero attached hydrogens (tertiary/aromatic N) is 3. The van der Waals surface area contributed by atoms with Gasteiger partial charge in [0.15, 0.2) is 0 Å². The predicted octanol–water partition coefficient (Wildman–Crippen LogP) is 3.52. The zero-order valence-electron chi connectivity index (χ0n) is 19.5. The van der Waals surface area contributed by atoms with E-state index in [0.717, 1.165) is 3.57 Å². The third kappa shape index (κ3) is 4.21. The molecule has 35 heavy (non-hydrogen) atoms. The number of nitrogens with one attached hydrogen (secondary N) is 2. The first-order chi connectivity index (χ1) is 16.5. The molecule has 0 bridgehead atoms. The van der Waals surface area contributed by atoms with Crippen LogP contribution in [0.15, 0.2) is 29.2 Å². The number of piperidine rings is 1. The molecule has 0 aliphatic carbocycles. The average Bonchev–Trinajstić information content (AvgIpc) is 3.29. The molecule has 182 valence electrons. The van der Waals surface area contributed by atoms with Crippen molar-refractivity contribution < 1.29 is 19.1 Å². The smallest absolute Gasteiger partial charge is 0.410 e. The Morgan fingerprint density at radius 1 is 1.11 bits per heavy atom. The second-order valence-electron chi connectivity index (χ2n) is 9.71. The number of pyridine rings is 1. The fourth-order valence-corrected chi connectivity index (χ4v) is 5.20. The van der Waals surface area contributed by atoms with Crippen molar-refractivity contribution in [2.45, 2.75) is 45.3 Å². The zero-order valence-corrected chi connectivity index (χ0v) is 21.6. The highest BCUT2D eigenvalue weighted by molar-refractivity contribution is 14.1. The summed E-state index contributed by atoms with van der Waals surface area (Å²) in [6, 6.07) is 4.70. The number of halogens is 1. The molecule has 0 saturated carbocycles. The van der Waals surface area contributed by atoms with Gasteiger partial charge in [0.25, 0.3) is 17.4 Å². The van der Waals surface area contributed by atoms with Crippen molar-refractivity contribution in [2.24, 2.45) is 0 Å². The molecule has 0 spiro atoms. The SMILES string of the molecule is CC(C)(C)OC(=O)N1CCC(N2C(=O)c3cc4nc(-c5c(I)cc[nH]c5=O)[nH]c4cc3C2=O)CC1. The van der Waals surface area contributed by atoms with Crippen molar-refractivity contribution in [3.8, 4) is 11.4 Å². The molecule has 3 amide bonds. The van der Waals surface area contributed by atoms with Crippen LogP contribution in [0.1, 0.15) is 54.3 Å². The maximum Gasteiger partial charge on any atom is 0.410 e. The van der Waals surface area contributed by atoms with Crippen molar-refractivity contribution >= 4 is 51.5 Å². The molecule has 3 aromatic rings. The van der Waals surface area contributed by atoms with Gasteiger partial charge in [0.1, 0.15) is 11.4 Å². The molecule has 2 aromatic heterocycles. The average molecular weight is 589 g/mol. The molecule has 11 heteroatoms. The topological polar surface area (TPSA) is 128 Å². The number of likely N-dealkylation sites (tertiary alicyclic amines) is 1. The lowest BCUT2D eigenvalue weighted by molar-refractivity contribution is 0.0156. The number of imidazole rings is 1. The summed E-state index contributed by atoms with van der Waals surface area (Å²) in [6.45, 7) is 6.25. The summed E-state index contributed by atoms with van der Waals surface area (Å²) in [4.78, 5) is 64.3. The van der Waals surface area contributed by atoms with E-state index in [2.05, 4.69) is 37.5 Å². The largest absolute Gasteiger partial charge is 0.444 e. The highest BCUT2D eigenvalue weighted by Gasteiger charge is 2.42. The normalized spacial score (nSPS) is 16.8. The van der Waals surface area contributed by atoms with Crippen LogP contribution in [0.3, 0.4) is 0 Å². The van der Waals surface area contributed by atoms with Crippen molar-refractivity contribution in [3.63, 3.8) is 0 Å². The molecule has 1 saturated heterocycles. The molecule has 2 N–H and O–H groups in total. The number of carbonyl (C=O) groups excluding carboxylic acids is 3. The summed E-state index contributed by atoms with van der Waals surface area (Å²) in [5, 5.41) is 0. The summed E-state index contributed by atoms with van der Waals surface area (Å²) in [5.74, 6) is -0.341. The van der Waals surface area contributed by atoms with E-state index < -0.39 is 5.60 Å². The Hall–Kier alpha value is -3.22. The number of carbonyl (C=O) groups is 3. The van der Waals surface area contributed by atoms with Crippen molar-refractivity contribution in [1.29, 1.82) is 0 Å². The van der Waals surface area contributed by atoms with Crippen LogP contribution in [0.25, 0.3) is 22.4 Å². The first-order valence-corrected chi connectivity index (χ1v) is 12.4. The number of hydrogen-bond acceptors (Lipinski definition) is 6. The van der Waals surface area contributed by atoms with Gasteiger partial charge in [0.05, 0.1) is 27.7 Å². The molecule has 10 nitrogen and oxygen atoms in total. The van der Waals surface area contributed by atoms with E-state index in [1.54, 1.807) is 29.3 Å². The number of H-pyrrole nitrogens is 2. The van der Waals surface area contributed by atoms with Gasteiger partial charge in [-0.3, -0.25) is 19.3 Å². The monoisotopic (exact) mass is 589 g/mol. The molecule has 2 aliphatic heterocycles. The number of benzene rings is 1. The van der Waals surface area contributed by atoms with Gasteiger partial charge in [-0.2, -0.15) is 0 Å². The van der Waals surface area contributed by atoms with E-state index in [-0.39, 0.29) is 29.5 Å². The van der Waals surface area contributed by atoms with Gasteiger partial charge in [-0.25, -0.2) is 9.78 Å². The van der Waals surface area contributed by atoms with E-state index >= 15 is 0 Å². The number of hydrogen-bond donors (Lipinski definition) is 2. The Morgan fingerprint density at radius 2 is 1.77 bits per heavy atom. The second-order valence-corrected chi connectivity index (χ2v) is 10.9. The standard InChI is InChI=1S/C24H24IN5O5/c1-24(2,3)35-23(34)29-8-5-12(6-9-29)30-21(32)13-10-16-17(11-14(13)22(30)33)28-19(27-16)18-15(25)4-7-26-20(18)31/h4,7,10-12H,5-6,8-9H2,1-3H3,(H,26,31)(H,27,28). The number of amides is 3. The number of aromatic amines is 2. The van der Waals surface area contributed by atoms with Crippen LogP contribution in [0.2, 0.25) is 0 Å². The van der Waals surface area contributed by atoms with Crippen LogP contribution in [0, 0.1) is 3.57 Å². The maximum atomic E-state index is 13.2. The van der Waals surface area contributed by atoms with E-state index in [1.807, 2.05) is 20.8 Å². The summed E-state index contributed by atoms with van der Waals surface area (Å²) in [7, 11) is 0.